The zero-order valence-corrected chi connectivity index (χ0v) is 14.2. The first-order valence-corrected chi connectivity index (χ1v) is 7.73. The van der Waals surface area contributed by atoms with Crippen molar-refractivity contribution in [3.63, 3.8) is 0 Å². The number of hydrogen-bond acceptors (Lipinski definition) is 5. The molecule has 1 heterocycles. The van der Waals surface area contributed by atoms with E-state index >= 15 is 0 Å². The second-order valence-corrected chi connectivity index (χ2v) is 5.72. The molecule has 0 saturated carbocycles. The fraction of sp³-hybridized carbons (Fsp3) is 0.0588. The van der Waals surface area contributed by atoms with Gasteiger partial charge in [-0.3, -0.25) is 14.9 Å². The van der Waals surface area contributed by atoms with Crippen LogP contribution in [0.4, 0.5) is 16.2 Å². The third-order valence-corrected chi connectivity index (χ3v) is 3.94. The number of urea groups is 1. The number of nitro benzene ring substituents is 1. The first-order chi connectivity index (χ1) is 12.4. The highest BCUT2D eigenvalue weighted by atomic mass is 35.5. The van der Waals surface area contributed by atoms with Crippen molar-refractivity contribution in [1.82, 2.24) is 5.32 Å². The Morgan fingerprint density at radius 2 is 1.88 bits per heavy atom. The maximum atomic E-state index is 12.6. The number of rotatable bonds is 4. The van der Waals surface area contributed by atoms with E-state index in [2.05, 4.69) is 5.32 Å². The van der Waals surface area contributed by atoms with E-state index in [1.54, 1.807) is 12.1 Å². The van der Waals surface area contributed by atoms with Gasteiger partial charge in [0.1, 0.15) is 11.4 Å². The largest absolute Gasteiger partial charge is 0.496 e. The SMILES string of the molecule is COc1ccc([N+](=O)[O-])cc1/C=C1/NC(=O)N(c2ccc(Cl)cc2)C1=O. The number of carbonyl (C=O) groups is 2. The molecule has 1 fully saturated rings. The lowest BCUT2D eigenvalue weighted by Gasteiger charge is -2.11. The summed E-state index contributed by atoms with van der Waals surface area (Å²) in [5, 5.41) is 13.9. The van der Waals surface area contributed by atoms with E-state index in [0.717, 1.165) is 4.90 Å². The second-order valence-electron chi connectivity index (χ2n) is 5.29. The van der Waals surface area contributed by atoms with Crippen LogP contribution < -0.4 is 15.0 Å². The molecule has 9 heteroatoms. The molecule has 0 unspecified atom stereocenters. The van der Waals surface area contributed by atoms with E-state index in [1.807, 2.05) is 0 Å². The van der Waals surface area contributed by atoms with Gasteiger partial charge < -0.3 is 10.1 Å². The van der Waals surface area contributed by atoms with Gasteiger partial charge in [-0.2, -0.15) is 0 Å². The smallest absolute Gasteiger partial charge is 0.333 e. The Kier molecular flexibility index (Phi) is 4.59. The third-order valence-electron chi connectivity index (χ3n) is 3.69. The van der Waals surface area contributed by atoms with Gasteiger partial charge in [0.25, 0.3) is 11.6 Å². The molecule has 0 atom stereocenters. The van der Waals surface area contributed by atoms with Crippen LogP contribution in [-0.2, 0) is 4.79 Å². The summed E-state index contributed by atoms with van der Waals surface area (Å²) in [7, 11) is 1.40. The lowest BCUT2D eigenvalue weighted by molar-refractivity contribution is -0.384. The van der Waals surface area contributed by atoms with Crippen LogP contribution in [0.3, 0.4) is 0 Å². The van der Waals surface area contributed by atoms with E-state index in [9.17, 15) is 19.7 Å². The number of carbonyl (C=O) groups excluding carboxylic acids is 2. The quantitative estimate of drug-likeness (QED) is 0.383. The molecule has 0 spiro atoms. The highest BCUT2D eigenvalue weighted by Gasteiger charge is 2.35. The number of methoxy groups -OCH3 is 1. The predicted octanol–water partition coefficient (Wildman–Crippen LogP) is 3.35. The minimum atomic E-state index is -0.632. The first kappa shape index (κ1) is 17.4. The Balaban J connectivity index is 1.99. The molecule has 1 N–H and O–H groups in total. The van der Waals surface area contributed by atoms with Gasteiger partial charge in [-0.1, -0.05) is 11.6 Å². The maximum absolute atomic E-state index is 12.6. The summed E-state index contributed by atoms with van der Waals surface area (Å²) < 4.78 is 5.16. The average molecular weight is 374 g/mol. The molecular formula is C17H12ClN3O5. The second kappa shape index (κ2) is 6.85. The number of imide groups is 1. The van der Waals surface area contributed by atoms with E-state index in [0.29, 0.717) is 22.0 Å². The lowest BCUT2D eigenvalue weighted by Crippen LogP contribution is -2.30. The third kappa shape index (κ3) is 3.22. The van der Waals surface area contributed by atoms with Crippen molar-refractivity contribution < 1.29 is 19.2 Å². The normalized spacial score (nSPS) is 15.3. The summed E-state index contributed by atoms with van der Waals surface area (Å²) >= 11 is 5.82. The zero-order chi connectivity index (χ0) is 18.8. The maximum Gasteiger partial charge on any atom is 0.333 e. The Hall–Kier alpha value is -3.39. The molecule has 3 rings (SSSR count). The molecule has 1 aliphatic rings. The molecule has 0 aliphatic carbocycles. The van der Waals surface area contributed by atoms with Crippen molar-refractivity contribution in [3.8, 4) is 5.75 Å². The number of anilines is 1. The van der Waals surface area contributed by atoms with Crippen LogP contribution in [0.1, 0.15) is 5.56 Å². The van der Waals surface area contributed by atoms with E-state index in [-0.39, 0.29) is 11.4 Å². The summed E-state index contributed by atoms with van der Waals surface area (Å²) in [6.07, 6.45) is 1.34. The molecule has 2 aromatic rings. The van der Waals surface area contributed by atoms with Crippen LogP contribution in [0.25, 0.3) is 6.08 Å². The first-order valence-electron chi connectivity index (χ1n) is 7.36. The van der Waals surface area contributed by atoms with Gasteiger partial charge >= 0.3 is 6.03 Å². The van der Waals surface area contributed by atoms with Gasteiger partial charge in [-0.05, 0) is 36.4 Å². The minimum absolute atomic E-state index is 0.0243. The molecule has 2 aromatic carbocycles. The molecule has 132 valence electrons. The molecule has 0 aromatic heterocycles. The molecule has 26 heavy (non-hydrogen) atoms. The number of amides is 3. The Bertz CT molecular complexity index is 940. The van der Waals surface area contributed by atoms with Gasteiger partial charge in [-0.25, -0.2) is 9.69 Å². The Morgan fingerprint density at radius 1 is 1.19 bits per heavy atom. The Morgan fingerprint density at radius 3 is 2.50 bits per heavy atom. The van der Waals surface area contributed by atoms with Gasteiger partial charge in [0.05, 0.1) is 17.7 Å². The highest BCUT2D eigenvalue weighted by molar-refractivity contribution is 6.31. The molecule has 3 amide bonds. The molecular weight excluding hydrogens is 362 g/mol. The summed E-state index contributed by atoms with van der Waals surface area (Å²) in [5.74, 6) is -0.263. The number of nitrogens with one attached hydrogen (secondary N) is 1. The van der Waals surface area contributed by atoms with Crippen molar-refractivity contribution in [3.05, 3.63) is 68.9 Å². The summed E-state index contributed by atoms with van der Waals surface area (Å²) in [6, 6.07) is 9.53. The van der Waals surface area contributed by atoms with Gasteiger partial charge in [0, 0.05) is 22.7 Å². The lowest BCUT2D eigenvalue weighted by atomic mass is 10.1. The van der Waals surface area contributed by atoms with Crippen LogP contribution in [0.2, 0.25) is 5.02 Å². The fourth-order valence-corrected chi connectivity index (χ4v) is 2.59. The van der Waals surface area contributed by atoms with Crippen molar-refractivity contribution in [1.29, 1.82) is 0 Å². The summed E-state index contributed by atoms with van der Waals surface area (Å²) in [4.78, 5) is 36.1. The standard InChI is InChI=1S/C17H12ClN3O5/c1-26-15-7-6-13(21(24)25)8-10(15)9-14-16(22)20(17(23)19-14)12-4-2-11(18)3-5-12/h2-9H,1H3,(H,19,23)/b14-9+. The van der Waals surface area contributed by atoms with Crippen LogP contribution in [0.5, 0.6) is 5.75 Å². The highest BCUT2D eigenvalue weighted by Crippen LogP contribution is 2.28. The number of hydrogen-bond donors (Lipinski definition) is 1. The number of ether oxygens (including phenoxy) is 1. The molecule has 0 bridgehead atoms. The molecule has 1 aliphatic heterocycles. The average Bonchev–Trinajstić information content (AvgIpc) is 2.89. The number of non-ortho nitro benzene ring substituents is 1. The topological polar surface area (TPSA) is 102 Å². The van der Waals surface area contributed by atoms with E-state index < -0.39 is 16.9 Å². The van der Waals surface area contributed by atoms with Crippen molar-refractivity contribution in [2.75, 3.05) is 12.0 Å². The van der Waals surface area contributed by atoms with Crippen LogP contribution in [0.15, 0.2) is 48.2 Å². The summed E-state index contributed by atoms with van der Waals surface area (Å²) in [5.41, 5.74) is 0.461. The van der Waals surface area contributed by atoms with Gasteiger partial charge in [0.2, 0.25) is 0 Å². The van der Waals surface area contributed by atoms with E-state index in [1.165, 1.54) is 43.5 Å². The van der Waals surface area contributed by atoms with Crippen molar-refractivity contribution in [2.45, 2.75) is 0 Å². The zero-order valence-electron chi connectivity index (χ0n) is 13.4. The number of halogens is 1. The molecule has 8 nitrogen and oxygen atoms in total. The minimum Gasteiger partial charge on any atom is -0.496 e. The Labute approximate surface area is 152 Å². The molecule has 0 radical (unpaired) electrons. The fourth-order valence-electron chi connectivity index (χ4n) is 2.46. The van der Waals surface area contributed by atoms with Crippen LogP contribution in [-0.4, -0.2) is 24.0 Å². The molecule has 1 saturated heterocycles. The monoisotopic (exact) mass is 373 g/mol. The van der Waals surface area contributed by atoms with Crippen LogP contribution >= 0.6 is 11.6 Å². The predicted molar refractivity (Wildman–Crippen MR) is 95.1 cm³/mol. The number of nitro groups is 1. The number of nitrogens with zero attached hydrogens (tertiary/aromatic N) is 2. The van der Waals surface area contributed by atoms with Crippen molar-refractivity contribution in [2.24, 2.45) is 0 Å². The van der Waals surface area contributed by atoms with Crippen molar-refractivity contribution >= 4 is 41.0 Å². The van der Waals surface area contributed by atoms with E-state index in [4.69, 9.17) is 16.3 Å². The summed E-state index contributed by atoms with van der Waals surface area (Å²) in [6.45, 7) is 0. The van der Waals surface area contributed by atoms with Crippen LogP contribution in [0, 0.1) is 10.1 Å². The number of benzene rings is 2. The van der Waals surface area contributed by atoms with Gasteiger partial charge in [-0.15, -0.1) is 0 Å². The van der Waals surface area contributed by atoms with Gasteiger partial charge in [0.15, 0.2) is 0 Å².